The second kappa shape index (κ2) is 5.41. The molecule has 2 aliphatic carbocycles. The topological polar surface area (TPSA) is 71.9 Å². The summed E-state index contributed by atoms with van der Waals surface area (Å²) in [6, 6.07) is 4.16. The lowest BCUT2D eigenvalue weighted by atomic mass is 9.95. The Morgan fingerprint density at radius 3 is 2.75 bits per heavy atom. The van der Waals surface area contributed by atoms with E-state index in [1.54, 1.807) is 0 Å². The van der Waals surface area contributed by atoms with Crippen LogP contribution in [0.25, 0.3) is 0 Å². The summed E-state index contributed by atoms with van der Waals surface area (Å²) >= 11 is 0. The number of fused-ring (bicyclic) bond motifs is 1. The molecule has 0 aromatic carbocycles. The Morgan fingerprint density at radius 2 is 2.00 bits per heavy atom. The average molecular weight is 271 g/mol. The Labute approximate surface area is 119 Å². The van der Waals surface area contributed by atoms with Crippen LogP contribution < -0.4 is 10.5 Å². The minimum absolute atomic E-state index is 0.232. The van der Waals surface area contributed by atoms with Gasteiger partial charge in [0.1, 0.15) is 18.2 Å². The molecule has 1 heterocycles. The van der Waals surface area contributed by atoms with Gasteiger partial charge in [0.25, 0.3) is 0 Å². The van der Waals surface area contributed by atoms with Crippen LogP contribution in [-0.2, 0) is 12.8 Å². The summed E-state index contributed by atoms with van der Waals surface area (Å²) < 4.78 is 5.82. The third-order valence-corrected chi connectivity index (χ3v) is 4.48. The van der Waals surface area contributed by atoms with Crippen LogP contribution in [0.15, 0.2) is 6.07 Å². The molecule has 4 heteroatoms. The first-order chi connectivity index (χ1) is 9.70. The van der Waals surface area contributed by atoms with E-state index in [1.165, 1.54) is 31.2 Å². The Hall–Kier alpha value is -1.60. The van der Waals surface area contributed by atoms with Gasteiger partial charge in [-0.3, -0.25) is 0 Å². The van der Waals surface area contributed by atoms with Gasteiger partial charge in [0.05, 0.1) is 5.54 Å². The van der Waals surface area contributed by atoms with Crippen molar-refractivity contribution >= 4 is 0 Å². The molecule has 106 valence electrons. The number of nitrogens with zero attached hydrogens (tertiary/aromatic N) is 2. The van der Waals surface area contributed by atoms with Crippen molar-refractivity contribution in [1.82, 2.24) is 4.98 Å². The Kier molecular flexibility index (Phi) is 3.62. The molecule has 4 nitrogen and oxygen atoms in total. The van der Waals surface area contributed by atoms with Crippen LogP contribution in [0, 0.1) is 11.3 Å². The Bertz CT molecular complexity index is 541. The van der Waals surface area contributed by atoms with Crippen molar-refractivity contribution in [3.8, 4) is 11.9 Å². The molecule has 1 saturated carbocycles. The molecule has 0 spiro atoms. The van der Waals surface area contributed by atoms with E-state index in [2.05, 4.69) is 11.1 Å². The zero-order valence-electron chi connectivity index (χ0n) is 11.8. The van der Waals surface area contributed by atoms with Crippen LogP contribution >= 0.6 is 0 Å². The van der Waals surface area contributed by atoms with Gasteiger partial charge in [-0.1, -0.05) is 12.8 Å². The van der Waals surface area contributed by atoms with E-state index in [0.29, 0.717) is 18.1 Å². The summed E-state index contributed by atoms with van der Waals surface area (Å²) in [5.74, 6) is 0.477. The number of hydrogen-bond acceptors (Lipinski definition) is 4. The molecule has 1 aromatic heterocycles. The van der Waals surface area contributed by atoms with E-state index in [9.17, 15) is 5.26 Å². The van der Waals surface area contributed by atoms with Crippen LogP contribution in [0.3, 0.4) is 0 Å². The summed E-state index contributed by atoms with van der Waals surface area (Å²) in [7, 11) is 0. The van der Waals surface area contributed by atoms with Gasteiger partial charge < -0.3 is 10.5 Å². The maximum Gasteiger partial charge on any atom is 0.231 e. The van der Waals surface area contributed by atoms with Gasteiger partial charge in [-0.25, -0.2) is 4.98 Å². The predicted octanol–water partition coefficient (Wildman–Crippen LogP) is 2.48. The zero-order chi connectivity index (χ0) is 14.0. The summed E-state index contributed by atoms with van der Waals surface area (Å²) in [4.78, 5) is 4.58. The number of hydrogen-bond donors (Lipinski definition) is 1. The van der Waals surface area contributed by atoms with E-state index in [0.717, 1.165) is 31.4 Å². The highest BCUT2D eigenvalue weighted by Crippen LogP contribution is 2.30. The van der Waals surface area contributed by atoms with Crippen molar-refractivity contribution in [2.24, 2.45) is 5.73 Å². The van der Waals surface area contributed by atoms with Crippen LogP contribution in [0.4, 0.5) is 0 Å². The fraction of sp³-hybridized carbons (Fsp3) is 0.625. The first-order valence-corrected chi connectivity index (χ1v) is 7.55. The average Bonchev–Trinajstić information content (AvgIpc) is 2.91. The first kappa shape index (κ1) is 13.4. The second-order valence-corrected chi connectivity index (χ2v) is 6.12. The molecule has 2 aliphatic rings. The highest BCUT2D eigenvalue weighted by atomic mass is 16.5. The molecule has 2 N–H and O–H groups in total. The normalized spacial score (nSPS) is 20.2. The highest BCUT2D eigenvalue weighted by Gasteiger charge is 2.30. The number of aromatic nitrogens is 1. The molecule has 0 bridgehead atoms. The maximum atomic E-state index is 9.27. The third kappa shape index (κ3) is 2.64. The molecule has 20 heavy (non-hydrogen) atoms. The van der Waals surface area contributed by atoms with Crippen molar-refractivity contribution in [2.45, 2.75) is 56.9 Å². The number of pyridine rings is 1. The highest BCUT2D eigenvalue weighted by molar-refractivity contribution is 5.43. The lowest BCUT2D eigenvalue weighted by Crippen LogP contribution is -2.42. The summed E-state index contributed by atoms with van der Waals surface area (Å²) in [5, 5.41) is 9.27. The number of rotatable bonds is 3. The number of nitrogens with two attached hydrogens (primary N) is 1. The SMILES string of the molecule is N#Cc1cc2c(nc1OCC1(N)CCCC1)CCCC2. The molecule has 0 atom stereocenters. The Morgan fingerprint density at radius 1 is 1.25 bits per heavy atom. The van der Waals surface area contributed by atoms with E-state index >= 15 is 0 Å². The molecular weight excluding hydrogens is 250 g/mol. The minimum atomic E-state index is -0.232. The molecular formula is C16H21N3O. The van der Waals surface area contributed by atoms with Gasteiger partial charge in [0, 0.05) is 5.69 Å². The number of nitriles is 1. The maximum absolute atomic E-state index is 9.27. The van der Waals surface area contributed by atoms with E-state index in [4.69, 9.17) is 10.5 Å². The van der Waals surface area contributed by atoms with E-state index in [1.807, 2.05) is 6.07 Å². The lowest BCUT2D eigenvalue weighted by molar-refractivity contribution is 0.212. The number of aryl methyl sites for hydroxylation is 2. The van der Waals surface area contributed by atoms with Gasteiger partial charge in [-0.2, -0.15) is 5.26 Å². The lowest BCUT2D eigenvalue weighted by Gasteiger charge is -2.24. The third-order valence-electron chi connectivity index (χ3n) is 4.48. The summed E-state index contributed by atoms with van der Waals surface area (Å²) in [6.07, 6.45) is 8.71. The van der Waals surface area contributed by atoms with Gasteiger partial charge in [0.2, 0.25) is 5.88 Å². The standard InChI is InChI=1S/C16H21N3O/c17-10-13-9-12-5-1-2-6-14(12)19-15(13)20-11-16(18)7-3-4-8-16/h9H,1-8,11,18H2. The van der Waals surface area contributed by atoms with Crippen LogP contribution in [-0.4, -0.2) is 17.1 Å². The molecule has 0 aliphatic heterocycles. The number of ether oxygens (including phenoxy) is 1. The fourth-order valence-electron chi connectivity index (χ4n) is 3.24. The second-order valence-electron chi connectivity index (χ2n) is 6.12. The van der Waals surface area contributed by atoms with Crippen LogP contribution in [0.2, 0.25) is 0 Å². The van der Waals surface area contributed by atoms with E-state index in [-0.39, 0.29) is 5.54 Å². The van der Waals surface area contributed by atoms with Gasteiger partial charge in [0.15, 0.2) is 0 Å². The Balaban J connectivity index is 1.79. The first-order valence-electron chi connectivity index (χ1n) is 7.55. The molecule has 1 fully saturated rings. The minimum Gasteiger partial charge on any atom is -0.475 e. The van der Waals surface area contributed by atoms with Gasteiger partial charge >= 0.3 is 0 Å². The quantitative estimate of drug-likeness (QED) is 0.916. The van der Waals surface area contributed by atoms with Crippen LogP contribution in [0.1, 0.15) is 55.3 Å². The molecule has 3 rings (SSSR count). The monoisotopic (exact) mass is 271 g/mol. The fourth-order valence-corrected chi connectivity index (χ4v) is 3.24. The molecule has 0 amide bonds. The van der Waals surface area contributed by atoms with Crippen molar-refractivity contribution in [3.63, 3.8) is 0 Å². The largest absolute Gasteiger partial charge is 0.475 e. The van der Waals surface area contributed by atoms with Crippen molar-refractivity contribution < 1.29 is 4.74 Å². The van der Waals surface area contributed by atoms with Crippen molar-refractivity contribution in [2.75, 3.05) is 6.61 Å². The predicted molar refractivity (Wildman–Crippen MR) is 76.5 cm³/mol. The van der Waals surface area contributed by atoms with Crippen molar-refractivity contribution in [1.29, 1.82) is 5.26 Å². The molecule has 1 aromatic rings. The van der Waals surface area contributed by atoms with Crippen molar-refractivity contribution in [3.05, 3.63) is 22.9 Å². The summed E-state index contributed by atoms with van der Waals surface area (Å²) in [5.41, 5.74) is 8.93. The van der Waals surface area contributed by atoms with Gasteiger partial charge in [-0.15, -0.1) is 0 Å². The molecule has 0 unspecified atom stereocenters. The molecule has 0 saturated heterocycles. The smallest absolute Gasteiger partial charge is 0.231 e. The van der Waals surface area contributed by atoms with E-state index < -0.39 is 0 Å². The zero-order valence-corrected chi connectivity index (χ0v) is 11.8. The molecule has 0 radical (unpaired) electrons. The summed E-state index contributed by atoms with van der Waals surface area (Å²) in [6.45, 7) is 0.466. The van der Waals surface area contributed by atoms with Gasteiger partial charge in [-0.05, 0) is 50.2 Å². The van der Waals surface area contributed by atoms with Crippen LogP contribution in [0.5, 0.6) is 5.88 Å².